The maximum atomic E-state index is 13.6. The van der Waals surface area contributed by atoms with Gasteiger partial charge in [-0.05, 0) is 76.7 Å². The Kier molecular flexibility index (Phi) is 59.1. The van der Waals surface area contributed by atoms with E-state index in [2.05, 4.69) is 74.7 Å². The minimum atomic E-state index is -4.46. The van der Waals surface area contributed by atoms with Crippen molar-refractivity contribution < 1.29 is 37.3 Å². The summed E-state index contributed by atoms with van der Waals surface area (Å²) in [5.74, 6) is -0.514. The largest absolute Gasteiger partial charge is 0.472 e. The van der Waals surface area contributed by atoms with E-state index in [1.165, 1.54) is 199 Å². The van der Waals surface area contributed by atoms with Crippen LogP contribution in [-0.4, -0.2) is 74.3 Å². The third-order valence-corrected chi connectivity index (χ3v) is 16.4. The highest BCUT2D eigenvalue weighted by molar-refractivity contribution is 7.47. The molecule has 474 valence electrons. The van der Waals surface area contributed by atoms with Crippen molar-refractivity contribution >= 4 is 19.7 Å². The molecule has 0 aliphatic rings. The van der Waals surface area contributed by atoms with Gasteiger partial charge in [0, 0.05) is 12.8 Å². The lowest BCUT2D eigenvalue weighted by molar-refractivity contribution is -0.870. The number of carbonyl (C=O) groups is 2. The van der Waals surface area contributed by atoms with E-state index in [1.807, 2.05) is 33.3 Å². The van der Waals surface area contributed by atoms with Gasteiger partial charge in [-0.3, -0.25) is 18.6 Å². The summed E-state index contributed by atoms with van der Waals surface area (Å²) in [5, 5.41) is 3.06. The SMILES string of the molecule is CCCCC/C=C\C/C=C\C/C=C\C/C=C\CCCCCCCC(=O)OC(/C=C/CCCCCCCCCCC)C(COP(=O)(O)OCC[N+](C)(C)C)NC(=O)CCCCCCCCCCCCCCCCCCCCCCCCC. The highest BCUT2D eigenvalue weighted by Crippen LogP contribution is 2.43. The molecule has 3 unspecified atom stereocenters. The lowest BCUT2D eigenvalue weighted by Crippen LogP contribution is -2.47. The van der Waals surface area contributed by atoms with Gasteiger partial charge in [-0.1, -0.05) is 300 Å². The first-order chi connectivity index (χ1) is 39.4. The van der Waals surface area contributed by atoms with Gasteiger partial charge < -0.3 is 19.4 Å². The Labute approximate surface area is 502 Å². The van der Waals surface area contributed by atoms with Crippen LogP contribution < -0.4 is 5.32 Å². The summed E-state index contributed by atoms with van der Waals surface area (Å²) < 4.78 is 30.8. The third-order valence-electron chi connectivity index (χ3n) is 15.5. The number of ether oxygens (including phenoxy) is 1. The number of rotatable bonds is 63. The Morgan fingerprint density at radius 1 is 0.432 bits per heavy atom. The van der Waals surface area contributed by atoms with Crippen molar-refractivity contribution in [2.24, 2.45) is 0 Å². The van der Waals surface area contributed by atoms with E-state index >= 15 is 0 Å². The second-order valence-corrected chi connectivity index (χ2v) is 26.2. The number of likely N-dealkylation sites (N-methyl/N-ethyl adjacent to an activating group) is 1. The number of amides is 1. The standard InChI is InChI=1S/C71H133N2O7P/c1-7-10-13-16-19-22-25-27-29-31-33-35-36-38-39-41-43-45-48-51-54-57-60-63-70(74)72-68(67-79-81(76,77)78-66-65-73(4,5)6)69(62-59-56-53-50-47-24-21-18-15-12-9-3)80-71(75)64-61-58-55-52-49-46-44-42-40-37-34-32-30-28-26-23-20-17-14-11-8-2/h20,23,28,30,34,37,42,44,59,62,68-69H,7-19,21-22,24-27,29,31-33,35-36,38-41,43,45-58,60-61,63-67H2,1-6H3,(H-,72,74,76,77)/p+1/b23-20-,30-28-,37-34-,44-42-,62-59+. The molecule has 2 N–H and O–H groups in total. The first-order valence-corrected chi connectivity index (χ1v) is 36.1. The van der Waals surface area contributed by atoms with Crippen molar-refractivity contribution in [2.45, 2.75) is 341 Å². The molecule has 3 atom stereocenters. The molecule has 10 heteroatoms. The molecule has 0 saturated heterocycles. The second kappa shape index (κ2) is 60.8. The number of esters is 1. The number of nitrogens with one attached hydrogen (secondary N) is 1. The van der Waals surface area contributed by atoms with E-state index in [0.29, 0.717) is 17.4 Å². The van der Waals surface area contributed by atoms with Gasteiger partial charge in [-0.15, -0.1) is 0 Å². The number of carbonyl (C=O) groups excluding carboxylic acids is 2. The summed E-state index contributed by atoms with van der Waals surface area (Å²) in [6.07, 6.45) is 78.0. The molecule has 0 radical (unpaired) electrons. The fraction of sp³-hybridized carbons (Fsp3) is 0.831. The van der Waals surface area contributed by atoms with Crippen LogP contribution in [0.3, 0.4) is 0 Å². The van der Waals surface area contributed by atoms with Crippen LogP contribution in [-0.2, 0) is 27.9 Å². The first kappa shape index (κ1) is 78.7. The molecule has 0 rings (SSSR count). The van der Waals surface area contributed by atoms with Crippen molar-refractivity contribution in [1.82, 2.24) is 5.32 Å². The van der Waals surface area contributed by atoms with Crippen LogP contribution in [0, 0.1) is 0 Å². The van der Waals surface area contributed by atoms with Gasteiger partial charge in [0.1, 0.15) is 19.3 Å². The maximum Gasteiger partial charge on any atom is 0.472 e. The number of allylic oxidation sites excluding steroid dienone is 9. The Balaban J connectivity index is 5.09. The number of phosphoric ester groups is 1. The molecule has 0 aliphatic carbocycles. The van der Waals surface area contributed by atoms with E-state index in [9.17, 15) is 19.0 Å². The van der Waals surface area contributed by atoms with Crippen LogP contribution in [0.1, 0.15) is 329 Å². The molecular weight excluding hydrogens is 1020 g/mol. The number of hydrogen-bond donors (Lipinski definition) is 2. The number of hydrogen-bond acceptors (Lipinski definition) is 6. The summed E-state index contributed by atoms with van der Waals surface area (Å²) in [6.45, 7) is 7.01. The van der Waals surface area contributed by atoms with Crippen LogP contribution in [0.2, 0.25) is 0 Å². The summed E-state index contributed by atoms with van der Waals surface area (Å²) in [4.78, 5) is 37.8. The average molecular weight is 1160 g/mol. The van der Waals surface area contributed by atoms with E-state index < -0.39 is 20.0 Å². The third kappa shape index (κ3) is 62.1. The Morgan fingerprint density at radius 2 is 0.753 bits per heavy atom. The molecule has 81 heavy (non-hydrogen) atoms. The van der Waals surface area contributed by atoms with Gasteiger partial charge in [-0.25, -0.2) is 4.57 Å². The zero-order valence-electron chi connectivity index (χ0n) is 54.3. The van der Waals surface area contributed by atoms with Crippen molar-refractivity contribution in [3.63, 3.8) is 0 Å². The van der Waals surface area contributed by atoms with Crippen molar-refractivity contribution in [3.8, 4) is 0 Å². The van der Waals surface area contributed by atoms with Crippen molar-refractivity contribution in [2.75, 3.05) is 40.9 Å². The maximum absolute atomic E-state index is 13.6. The van der Waals surface area contributed by atoms with E-state index in [-0.39, 0.29) is 31.5 Å². The van der Waals surface area contributed by atoms with Gasteiger partial charge in [0.25, 0.3) is 0 Å². The first-order valence-electron chi connectivity index (χ1n) is 34.6. The smallest absolute Gasteiger partial charge is 0.456 e. The van der Waals surface area contributed by atoms with Gasteiger partial charge >= 0.3 is 13.8 Å². The number of phosphoric acid groups is 1. The summed E-state index contributed by atoms with van der Waals surface area (Å²) >= 11 is 0. The summed E-state index contributed by atoms with van der Waals surface area (Å²) in [6, 6.07) is -0.856. The minimum Gasteiger partial charge on any atom is -0.456 e. The lowest BCUT2D eigenvalue weighted by Gasteiger charge is -2.27. The quantitative estimate of drug-likeness (QED) is 0.0205. The van der Waals surface area contributed by atoms with Crippen LogP contribution in [0.25, 0.3) is 0 Å². The Hall–Kier alpha value is -2.29. The molecule has 0 heterocycles. The summed E-state index contributed by atoms with van der Waals surface area (Å²) in [5.41, 5.74) is 0. The minimum absolute atomic E-state index is 0.0371. The fourth-order valence-corrected chi connectivity index (χ4v) is 10.8. The molecule has 9 nitrogen and oxygen atoms in total. The molecule has 0 aromatic heterocycles. The van der Waals surface area contributed by atoms with Crippen LogP contribution in [0.5, 0.6) is 0 Å². The summed E-state index contributed by atoms with van der Waals surface area (Å²) in [7, 11) is 1.49. The Morgan fingerprint density at radius 3 is 1.15 bits per heavy atom. The number of unbranched alkanes of at least 4 members (excludes halogenated alkanes) is 39. The van der Waals surface area contributed by atoms with Crippen LogP contribution in [0.4, 0.5) is 0 Å². The molecular formula is C71H134N2O7P+. The second-order valence-electron chi connectivity index (χ2n) is 24.7. The van der Waals surface area contributed by atoms with Gasteiger partial charge in [0.2, 0.25) is 5.91 Å². The fourth-order valence-electron chi connectivity index (χ4n) is 10.1. The zero-order chi connectivity index (χ0) is 59.3. The Bertz CT molecular complexity index is 1570. The molecule has 0 spiro atoms. The predicted octanol–water partition coefficient (Wildman–Crippen LogP) is 21.8. The highest BCUT2D eigenvalue weighted by atomic mass is 31.2. The van der Waals surface area contributed by atoms with Crippen molar-refractivity contribution in [3.05, 3.63) is 60.8 Å². The number of quaternary nitrogens is 1. The molecule has 0 aromatic carbocycles. The predicted molar refractivity (Wildman–Crippen MR) is 351 cm³/mol. The lowest BCUT2D eigenvalue weighted by atomic mass is 10.0. The highest BCUT2D eigenvalue weighted by Gasteiger charge is 2.30. The van der Waals surface area contributed by atoms with Gasteiger partial charge in [0.15, 0.2) is 0 Å². The monoisotopic (exact) mass is 1160 g/mol. The van der Waals surface area contributed by atoms with E-state index in [0.717, 1.165) is 96.3 Å². The molecule has 0 saturated carbocycles. The molecule has 0 fully saturated rings. The molecule has 0 bridgehead atoms. The van der Waals surface area contributed by atoms with E-state index in [1.54, 1.807) is 0 Å². The van der Waals surface area contributed by atoms with Crippen molar-refractivity contribution in [1.29, 1.82) is 0 Å². The van der Waals surface area contributed by atoms with Gasteiger partial charge in [-0.2, -0.15) is 0 Å². The van der Waals surface area contributed by atoms with Gasteiger partial charge in [0.05, 0.1) is 33.8 Å². The molecule has 0 aliphatic heterocycles. The number of nitrogens with zero attached hydrogens (tertiary/aromatic N) is 1. The normalized spacial score (nSPS) is 13.9. The topological polar surface area (TPSA) is 111 Å². The zero-order valence-corrected chi connectivity index (χ0v) is 55.2. The molecule has 0 aromatic rings. The van der Waals surface area contributed by atoms with Crippen LogP contribution in [0.15, 0.2) is 60.8 Å². The van der Waals surface area contributed by atoms with Crippen LogP contribution >= 0.6 is 7.82 Å². The molecule has 1 amide bonds. The average Bonchev–Trinajstić information content (AvgIpc) is 3.43. The van der Waals surface area contributed by atoms with E-state index in [4.69, 9.17) is 13.8 Å².